The molecule has 2 aromatic rings. The smallest absolute Gasteiger partial charge is 0.296 e. The molecule has 0 radical (unpaired) electrons. The number of methoxy groups -OCH3 is 1. The number of fused-ring (bicyclic) bond motifs is 1. The minimum Gasteiger partial charge on any atom is -0.496 e. The van der Waals surface area contributed by atoms with Crippen LogP contribution in [0.1, 0.15) is 23.4 Å². The highest BCUT2D eigenvalue weighted by Gasteiger charge is 2.27. The number of nitro benzene ring substituents is 1. The molecule has 1 aromatic heterocycles. The molecule has 25 heavy (non-hydrogen) atoms. The third-order valence-corrected chi connectivity index (χ3v) is 5.42. The molecular formula is C17H19N3O4S. The highest BCUT2D eigenvalue weighted by Crippen LogP contribution is 2.33. The van der Waals surface area contributed by atoms with Crippen molar-refractivity contribution in [3.63, 3.8) is 0 Å². The normalized spacial score (nSPS) is 17.0. The summed E-state index contributed by atoms with van der Waals surface area (Å²) in [5.74, 6) is 0.109. The summed E-state index contributed by atoms with van der Waals surface area (Å²) < 4.78 is 5.00. The first-order chi connectivity index (χ1) is 12.0. The van der Waals surface area contributed by atoms with Crippen LogP contribution in [-0.2, 0) is 11.2 Å². The van der Waals surface area contributed by atoms with E-state index in [4.69, 9.17) is 4.74 Å². The highest BCUT2D eigenvalue weighted by molar-refractivity contribution is 7.10. The van der Waals surface area contributed by atoms with Gasteiger partial charge in [0.25, 0.3) is 5.69 Å². The fourth-order valence-corrected chi connectivity index (χ4v) is 4.01. The van der Waals surface area contributed by atoms with Crippen molar-refractivity contribution in [2.24, 2.45) is 0 Å². The van der Waals surface area contributed by atoms with Gasteiger partial charge < -0.3 is 10.1 Å². The lowest BCUT2D eigenvalue weighted by Crippen LogP contribution is -2.39. The molecular weight excluding hydrogens is 342 g/mol. The molecule has 1 aliphatic rings. The molecule has 0 bridgehead atoms. The molecule has 1 aliphatic heterocycles. The van der Waals surface area contributed by atoms with Gasteiger partial charge in [0.1, 0.15) is 11.4 Å². The maximum absolute atomic E-state index is 12.4. The standard InChI is InChI=1S/C17H19N3O4S/c1-11-13-6-8-25-16(13)5-7-19(11)10-17(21)18-14-4-3-12(24-2)9-15(14)20(22)23/h3-4,6,8-9,11H,5,7,10H2,1-2H3,(H,18,21)/t11-/m0/s1. The van der Waals surface area contributed by atoms with Crippen LogP contribution in [0.3, 0.4) is 0 Å². The Balaban J connectivity index is 1.70. The van der Waals surface area contributed by atoms with E-state index in [0.29, 0.717) is 5.75 Å². The van der Waals surface area contributed by atoms with Crippen molar-refractivity contribution in [3.8, 4) is 5.75 Å². The van der Waals surface area contributed by atoms with Crippen molar-refractivity contribution in [2.45, 2.75) is 19.4 Å². The zero-order chi connectivity index (χ0) is 18.0. The van der Waals surface area contributed by atoms with Gasteiger partial charge in [0, 0.05) is 17.5 Å². The van der Waals surface area contributed by atoms with Gasteiger partial charge in [0.15, 0.2) is 0 Å². The van der Waals surface area contributed by atoms with Gasteiger partial charge in [-0.1, -0.05) is 0 Å². The van der Waals surface area contributed by atoms with Crippen LogP contribution in [0.15, 0.2) is 29.6 Å². The summed E-state index contributed by atoms with van der Waals surface area (Å²) in [6.07, 6.45) is 0.924. The Hall–Kier alpha value is -2.45. The maximum Gasteiger partial charge on any atom is 0.296 e. The Morgan fingerprint density at radius 2 is 2.28 bits per heavy atom. The van der Waals surface area contributed by atoms with Gasteiger partial charge in [-0.15, -0.1) is 11.3 Å². The molecule has 2 heterocycles. The highest BCUT2D eigenvalue weighted by atomic mass is 32.1. The number of anilines is 1. The average molecular weight is 361 g/mol. The van der Waals surface area contributed by atoms with Crippen LogP contribution in [0.2, 0.25) is 0 Å². The van der Waals surface area contributed by atoms with Crippen LogP contribution < -0.4 is 10.1 Å². The topological polar surface area (TPSA) is 84.7 Å². The number of thiophene rings is 1. The van der Waals surface area contributed by atoms with Gasteiger partial charge in [-0.2, -0.15) is 0 Å². The second-order valence-electron chi connectivity index (χ2n) is 5.88. The molecule has 0 spiro atoms. The molecule has 1 N–H and O–H groups in total. The van der Waals surface area contributed by atoms with Crippen molar-refractivity contribution >= 4 is 28.6 Å². The van der Waals surface area contributed by atoms with E-state index in [1.807, 2.05) is 0 Å². The fourth-order valence-electron chi connectivity index (χ4n) is 3.05. The molecule has 7 nitrogen and oxygen atoms in total. The largest absolute Gasteiger partial charge is 0.496 e. The molecule has 1 atom stereocenters. The lowest BCUT2D eigenvalue weighted by atomic mass is 10.0. The van der Waals surface area contributed by atoms with Crippen LogP contribution in [0.5, 0.6) is 5.75 Å². The SMILES string of the molecule is COc1ccc(NC(=O)CN2CCc3sccc3[C@@H]2C)c([N+](=O)[O-])c1. The summed E-state index contributed by atoms with van der Waals surface area (Å²) in [6.45, 7) is 3.07. The van der Waals surface area contributed by atoms with Crippen LogP contribution >= 0.6 is 11.3 Å². The lowest BCUT2D eigenvalue weighted by molar-refractivity contribution is -0.384. The number of benzene rings is 1. The van der Waals surface area contributed by atoms with E-state index in [-0.39, 0.29) is 29.9 Å². The van der Waals surface area contributed by atoms with Crippen molar-refractivity contribution in [1.29, 1.82) is 0 Å². The number of hydrogen-bond donors (Lipinski definition) is 1. The number of hydrogen-bond acceptors (Lipinski definition) is 6. The predicted molar refractivity (Wildman–Crippen MR) is 96.3 cm³/mol. The molecule has 8 heteroatoms. The number of carbonyl (C=O) groups excluding carboxylic acids is 1. The zero-order valence-electron chi connectivity index (χ0n) is 14.0. The van der Waals surface area contributed by atoms with Crippen LogP contribution in [0.4, 0.5) is 11.4 Å². The molecule has 0 saturated heterocycles. The third kappa shape index (κ3) is 3.64. The number of nitrogens with one attached hydrogen (secondary N) is 1. The van der Waals surface area contributed by atoms with Gasteiger partial charge >= 0.3 is 0 Å². The van der Waals surface area contributed by atoms with E-state index < -0.39 is 4.92 Å². The Morgan fingerprint density at radius 1 is 1.48 bits per heavy atom. The minimum absolute atomic E-state index is 0.159. The molecule has 0 saturated carbocycles. The number of amides is 1. The van der Waals surface area contributed by atoms with Crippen LogP contribution in [0, 0.1) is 10.1 Å². The lowest BCUT2D eigenvalue weighted by Gasteiger charge is -2.32. The summed E-state index contributed by atoms with van der Waals surface area (Å²) in [5.41, 5.74) is 1.26. The first-order valence-electron chi connectivity index (χ1n) is 7.92. The average Bonchev–Trinajstić information content (AvgIpc) is 3.07. The van der Waals surface area contributed by atoms with Gasteiger partial charge in [-0.25, -0.2) is 0 Å². The summed E-state index contributed by atoms with van der Waals surface area (Å²) >= 11 is 1.75. The van der Waals surface area contributed by atoms with E-state index in [0.717, 1.165) is 13.0 Å². The Labute approximate surface area is 149 Å². The van der Waals surface area contributed by atoms with Crippen molar-refractivity contribution < 1.29 is 14.5 Å². The Kier molecular flexibility index (Phi) is 5.00. The van der Waals surface area contributed by atoms with E-state index in [1.54, 1.807) is 17.4 Å². The van der Waals surface area contributed by atoms with Gasteiger partial charge in [-0.05, 0) is 42.5 Å². The van der Waals surface area contributed by atoms with Crippen molar-refractivity contribution in [3.05, 3.63) is 50.2 Å². The minimum atomic E-state index is -0.528. The summed E-state index contributed by atoms with van der Waals surface area (Å²) in [7, 11) is 1.44. The fraction of sp³-hybridized carbons (Fsp3) is 0.353. The number of nitrogens with zero attached hydrogens (tertiary/aromatic N) is 2. The summed E-state index contributed by atoms with van der Waals surface area (Å²) in [4.78, 5) is 26.5. The molecule has 0 fully saturated rings. The summed E-state index contributed by atoms with van der Waals surface area (Å²) in [6, 6.07) is 6.64. The van der Waals surface area contributed by atoms with E-state index >= 15 is 0 Å². The first-order valence-corrected chi connectivity index (χ1v) is 8.80. The predicted octanol–water partition coefficient (Wildman–Crippen LogP) is 3.22. The third-order valence-electron chi connectivity index (χ3n) is 4.43. The van der Waals surface area contributed by atoms with Gasteiger partial charge in [-0.3, -0.25) is 19.8 Å². The summed E-state index contributed by atoms with van der Waals surface area (Å²) in [5, 5.41) is 15.9. The Morgan fingerprint density at radius 3 is 3.00 bits per heavy atom. The molecule has 132 valence electrons. The Bertz CT molecular complexity index is 805. The number of ether oxygens (including phenoxy) is 1. The molecule has 1 aromatic carbocycles. The molecule has 0 unspecified atom stereocenters. The van der Waals surface area contributed by atoms with Gasteiger partial charge in [0.2, 0.25) is 5.91 Å². The number of carbonyl (C=O) groups is 1. The first kappa shape index (κ1) is 17.4. The quantitative estimate of drug-likeness (QED) is 0.653. The van der Waals surface area contributed by atoms with Gasteiger partial charge in [0.05, 0.1) is 24.6 Å². The van der Waals surface area contributed by atoms with Crippen molar-refractivity contribution in [1.82, 2.24) is 4.90 Å². The second kappa shape index (κ2) is 7.20. The van der Waals surface area contributed by atoms with Crippen LogP contribution in [-0.4, -0.2) is 35.9 Å². The number of nitro groups is 1. The number of rotatable bonds is 5. The van der Waals surface area contributed by atoms with E-state index in [1.165, 1.54) is 29.7 Å². The van der Waals surface area contributed by atoms with Crippen molar-refractivity contribution in [2.75, 3.05) is 25.5 Å². The van der Waals surface area contributed by atoms with Crippen LogP contribution in [0.25, 0.3) is 0 Å². The zero-order valence-corrected chi connectivity index (χ0v) is 14.8. The van der Waals surface area contributed by atoms with E-state index in [2.05, 4.69) is 28.6 Å². The van der Waals surface area contributed by atoms with E-state index in [9.17, 15) is 14.9 Å². The molecule has 3 rings (SSSR count). The molecule has 0 aliphatic carbocycles. The second-order valence-corrected chi connectivity index (χ2v) is 6.88. The maximum atomic E-state index is 12.4. The molecule has 1 amide bonds. The monoisotopic (exact) mass is 361 g/mol.